The fourth-order valence-corrected chi connectivity index (χ4v) is 1.74. The molecule has 5 heteroatoms. The summed E-state index contributed by atoms with van der Waals surface area (Å²) in [6.45, 7) is -0.345. The van der Waals surface area contributed by atoms with E-state index in [4.69, 9.17) is 19.7 Å². The van der Waals surface area contributed by atoms with Crippen LogP contribution in [0.2, 0.25) is 0 Å². The van der Waals surface area contributed by atoms with Gasteiger partial charge in [-0.3, -0.25) is 0 Å². The molecular weight excluding hydrogens is 263 g/mol. The number of ether oxygens (including phenoxy) is 2. The molecule has 0 aliphatic rings. The lowest BCUT2D eigenvalue weighted by atomic mass is 10.2. The molecule has 2 N–H and O–H groups in total. The van der Waals surface area contributed by atoms with Crippen molar-refractivity contribution in [2.24, 2.45) is 0 Å². The number of rotatable bonds is 5. The van der Waals surface area contributed by atoms with Crippen LogP contribution in [0.5, 0.6) is 17.2 Å². The molecule has 2 aromatic carbocycles. The largest absolute Gasteiger partial charge is 0.493 e. The second-order valence-corrected chi connectivity index (χ2v) is 4.17. The SMILES string of the molecule is COc1cc(CO)ccc1Oc1ccc(CO)cc1F. The molecule has 2 rings (SSSR count). The standard InChI is InChI=1S/C15H15FO4/c1-19-15-7-11(9-18)3-5-14(15)20-13-4-2-10(8-17)6-12(13)16/h2-7,17-18H,8-9H2,1H3. The Morgan fingerprint density at radius 1 is 0.900 bits per heavy atom. The lowest BCUT2D eigenvalue weighted by molar-refractivity contribution is 0.280. The predicted molar refractivity (Wildman–Crippen MR) is 71.3 cm³/mol. The monoisotopic (exact) mass is 278 g/mol. The van der Waals surface area contributed by atoms with E-state index in [9.17, 15) is 4.39 Å². The second-order valence-electron chi connectivity index (χ2n) is 4.17. The summed E-state index contributed by atoms with van der Waals surface area (Å²) in [5.41, 5.74) is 1.14. The smallest absolute Gasteiger partial charge is 0.169 e. The summed E-state index contributed by atoms with van der Waals surface area (Å²) in [7, 11) is 1.47. The van der Waals surface area contributed by atoms with Crippen molar-refractivity contribution in [3.63, 3.8) is 0 Å². The van der Waals surface area contributed by atoms with E-state index in [1.807, 2.05) is 0 Å². The van der Waals surface area contributed by atoms with E-state index in [0.29, 0.717) is 22.6 Å². The molecule has 0 saturated carbocycles. The summed E-state index contributed by atoms with van der Waals surface area (Å²) < 4.78 is 24.4. The first-order valence-corrected chi connectivity index (χ1v) is 6.03. The van der Waals surface area contributed by atoms with Gasteiger partial charge in [0.05, 0.1) is 20.3 Å². The van der Waals surface area contributed by atoms with Crippen LogP contribution in [0.1, 0.15) is 11.1 Å². The zero-order valence-corrected chi connectivity index (χ0v) is 11.0. The summed E-state index contributed by atoms with van der Waals surface area (Å²) in [4.78, 5) is 0. The molecule has 0 amide bonds. The van der Waals surface area contributed by atoms with Crippen molar-refractivity contribution in [3.8, 4) is 17.2 Å². The van der Waals surface area contributed by atoms with Gasteiger partial charge in [0.2, 0.25) is 0 Å². The van der Waals surface area contributed by atoms with Crippen LogP contribution in [0.3, 0.4) is 0 Å². The van der Waals surface area contributed by atoms with E-state index in [-0.39, 0.29) is 19.0 Å². The van der Waals surface area contributed by atoms with Crippen LogP contribution in [0.25, 0.3) is 0 Å². The maximum absolute atomic E-state index is 13.8. The lowest BCUT2D eigenvalue weighted by Crippen LogP contribution is -1.95. The number of hydrogen-bond acceptors (Lipinski definition) is 4. The normalized spacial score (nSPS) is 10.4. The number of aliphatic hydroxyl groups is 2. The highest BCUT2D eigenvalue weighted by Gasteiger charge is 2.10. The Morgan fingerprint density at radius 2 is 1.50 bits per heavy atom. The van der Waals surface area contributed by atoms with Crippen LogP contribution < -0.4 is 9.47 Å². The van der Waals surface area contributed by atoms with Gasteiger partial charge in [-0.1, -0.05) is 12.1 Å². The van der Waals surface area contributed by atoms with Gasteiger partial charge in [0, 0.05) is 0 Å². The van der Waals surface area contributed by atoms with E-state index in [1.165, 1.54) is 19.2 Å². The van der Waals surface area contributed by atoms with Gasteiger partial charge in [0.15, 0.2) is 23.1 Å². The maximum Gasteiger partial charge on any atom is 0.169 e. The average Bonchev–Trinajstić information content (AvgIpc) is 2.49. The number of methoxy groups -OCH3 is 1. The van der Waals surface area contributed by atoms with Gasteiger partial charge >= 0.3 is 0 Å². The Balaban J connectivity index is 2.29. The quantitative estimate of drug-likeness (QED) is 0.882. The highest BCUT2D eigenvalue weighted by Crippen LogP contribution is 2.33. The lowest BCUT2D eigenvalue weighted by Gasteiger charge is -2.12. The number of hydrogen-bond donors (Lipinski definition) is 2. The van der Waals surface area contributed by atoms with Crippen molar-refractivity contribution in [3.05, 3.63) is 53.3 Å². The second kappa shape index (κ2) is 6.36. The number of halogens is 1. The summed E-state index contributed by atoms with van der Waals surface area (Å²) in [6, 6.07) is 9.12. The highest BCUT2D eigenvalue weighted by molar-refractivity contribution is 5.45. The van der Waals surface area contributed by atoms with Crippen LogP contribution in [-0.4, -0.2) is 17.3 Å². The Labute approximate surface area is 116 Å². The van der Waals surface area contributed by atoms with E-state index < -0.39 is 5.82 Å². The van der Waals surface area contributed by atoms with Gasteiger partial charge in [0.1, 0.15) is 0 Å². The summed E-state index contributed by atoms with van der Waals surface area (Å²) in [5.74, 6) is 0.226. The zero-order valence-electron chi connectivity index (χ0n) is 11.0. The minimum atomic E-state index is -0.565. The Hall–Kier alpha value is -2.11. The number of benzene rings is 2. The molecule has 0 spiro atoms. The summed E-state index contributed by atoms with van der Waals surface area (Å²) in [6.07, 6.45) is 0. The van der Waals surface area contributed by atoms with Crippen LogP contribution in [-0.2, 0) is 13.2 Å². The average molecular weight is 278 g/mol. The first-order chi connectivity index (χ1) is 9.67. The molecular formula is C15H15FO4. The molecule has 0 aliphatic heterocycles. The van der Waals surface area contributed by atoms with E-state index in [0.717, 1.165) is 0 Å². The third-order valence-electron chi connectivity index (χ3n) is 2.81. The zero-order chi connectivity index (χ0) is 14.5. The maximum atomic E-state index is 13.8. The molecule has 0 bridgehead atoms. The third-order valence-corrected chi connectivity index (χ3v) is 2.81. The molecule has 0 heterocycles. The Bertz CT molecular complexity index is 598. The van der Waals surface area contributed by atoms with Gasteiger partial charge in [-0.25, -0.2) is 4.39 Å². The van der Waals surface area contributed by atoms with Crippen molar-refractivity contribution in [1.29, 1.82) is 0 Å². The predicted octanol–water partition coefficient (Wildman–Crippen LogP) is 2.61. The Morgan fingerprint density at radius 3 is 2.05 bits per heavy atom. The molecule has 0 aromatic heterocycles. The van der Waals surface area contributed by atoms with Gasteiger partial charge in [-0.2, -0.15) is 0 Å². The van der Waals surface area contributed by atoms with Gasteiger partial charge in [-0.05, 0) is 35.4 Å². The molecule has 4 nitrogen and oxygen atoms in total. The van der Waals surface area contributed by atoms with Crippen molar-refractivity contribution in [2.75, 3.05) is 7.11 Å². The van der Waals surface area contributed by atoms with Crippen LogP contribution in [0.15, 0.2) is 36.4 Å². The van der Waals surface area contributed by atoms with Gasteiger partial charge in [-0.15, -0.1) is 0 Å². The van der Waals surface area contributed by atoms with Crippen molar-refractivity contribution in [1.82, 2.24) is 0 Å². The van der Waals surface area contributed by atoms with E-state index in [1.54, 1.807) is 24.3 Å². The third kappa shape index (κ3) is 3.07. The molecule has 0 radical (unpaired) electrons. The minimum absolute atomic E-state index is 0.0391. The first-order valence-electron chi connectivity index (χ1n) is 6.03. The first kappa shape index (κ1) is 14.3. The van der Waals surface area contributed by atoms with Crippen LogP contribution >= 0.6 is 0 Å². The topological polar surface area (TPSA) is 58.9 Å². The van der Waals surface area contributed by atoms with Gasteiger partial charge in [0.25, 0.3) is 0 Å². The van der Waals surface area contributed by atoms with Gasteiger partial charge < -0.3 is 19.7 Å². The van der Waals surface area contributed by atoms with Crippen LogP contribution in [0.4, 0.5) is 4.39 Å². The molecule has 106 valence electrons. The van der Waals surface area contributed by atoms with E-state index >= 15 is 0 Å². The molecule has 20 heavy (non-hydrogen) atoms. The molecule has 0 saturated heterocycles. The summed E-state index contributed by atoms with van der Waals surface area (Å²) >= 11 is 0. The highest BCUT2D eigenvalue weighted by atomic mass is 19.1. The van der Waals surface area contributed by atoms with Crippen molar-refractivity contribution >= 4 is 0 Å². The van der Waals surface area contributed by atoms with Crippen LogP contribution in [0, 0.1) is 5.82 Å². The molecule has 0 fully saturated rings. The Kier molecular flexibility index (Phi) is 4.55. The minimum Gasteiger partial charge on any atom is -0.493 e. The molecule has 0 aliphatic carbocycles. The molecule has 0 unspecified atom stereocenters. The van der Waals surface area contributed by atoms with Crippen molar-refractivity contribution < 1.29 is 24.1 Å². The molecule has 0 atom stereocenters. The fourth-order valence-electron chi connectivity index (χ4n) is 1.74. The number of aliphatic hydroxyl groups excluding tert-OH is 2. The molecule has 2 aromatic rings. The summed E-state index contributed by atoms with van der Waals surface area (Å²) in [5, 5.41) is 18.0. The fraction of sp³-hybridized carbons (Fsp3) is 0.200. The van der Waals surface area contributed by atoms with E-state index in [2.05, 4.69) is 0 Å². The van der Waals surface area contributed by atoms with Crippen molar-refractivity contribution in [2.45, 2.75) is 13.2 Å².